The molecule has 19 heavy (non-hydrogen) atoms. The molecular formula is C16H10O3. The molecule has 0 fully saturated rings. The van der Waals surface area contributed by atoms with Gasteiger partial charge in [-0.05, 0) is 18.2 Å². The Balaban J connectivity index is 1.84. The minimum absolute atomic E-state index is 0.123. The van der Waals surface area contributed by atoms with Crippen LogP contribution in [0.5, 0.6) is 0 Å². The van der Waals surface area contributed by atoms with E-state index in [0.717, 1.165) is 5.56 Å². The van der Waals surface area contributed by atoms with Gasteiger partial charge in [0.25, 0.3) is 0 Å². The molecule has 0 N–H and O–H groups in total. The van der Waals surface area contributed by atoms with Crippen molar-refractivity contribution in [2.24, 2.45) is 5.92 Å². The standard InChI is InChI=1S/C16H10O3/c17-12-6-7-13(18)15-14(12)11-8-9-16(11,19-15)10-4-2-1-3-5-10/h1-9,11H. The van der Waals surface area contributed by atoms with Gasteiger partial charge in [0.2, 0.25) is 5.78 Å². The molecule has 3 nitrogen and oxygen atoms in total. The number of fused-ring (bicyclic) bond motifs is 2. The first kappa shape index (κ1) is 10.5. The maximum absolute atomic E-state index is 12.0. The molecule has 1 aromatic carbocycles. The number of ketones is 2. The topological polar surface area (TPSA) is 43.4 Å². The summed E-state index contributed by atoms with van der Waals surface area (Å²) in [5.41, 5.74) is 0.805. The molecule has 1 aliphatic heterocycles. The number of allylic oxidation sites excluding steroid dienone is 2. The van der Waals surface area contributed by atoms with E-state index in [1.807, 2.05) is 42.5 Å². The molecule has 0 aromatic heterocycles. The molecule has 92 valence electrons. The fourth-order valence-electron chi connectivity index (χ4n) is 2.94. The van der Waals surface area contributed by atoms with Gasteiger partial charge in [-0.2, -0.15) is 0 Å². The van der Waals surface area contributed by atoms with E-state index in [2.05, 4.69) is 0 Å². The largest absolute Gasteiger partial charge is 0.473 e. The van der Waals surface area contributed by atoms with Crippen molar-refractivity contribution < 1.29 is 14.3 Å². The normalized spacial score (nSPS) is 30.8. The van der Waals surface area contributed by atoms with Crippen LogP contribution >= 0.6 is 0 Å². The van der Waals surface area contributed by atoms with Crippen LogP contribution in [0.4, 0.5) is 0 Å². The van der Waals surface area contributed by atoms with Crippen molar-refractivity contribution in [2.75, 3.05) is 0 Å². The van der Waals surface area contributed by atoms with Gasteiger partial charge in [-0.3, -0.25) is 9.59 Å². The van der Waals surface area contributed by atoms with Crippen molar-refractivity contribution >= 4 is 11.6 Å². The van der Waals surface area contributed by atoms with Crippen molar-refractivity contribution in [1.82, 2.24) is 0 Å². The number of hydrogen-bond donors (Lipinski definition) is 0. The molecular weight excluding hydrogens is 240 g/mol. The molecule has 3 aliphatic rings. The Morgan fingerprint density at radius 2 is 1.74 bits per heavy atom. The molecule has 3 heteroatoms. The number of carbonyl (C=O) groups excluding carboxylic acids is 2. The molecule has 1 aromatic rings. The fourth-order valence-corrected chi connectivity index (χ4v) is 2.94. The predicted octanol–water partition coefficient (Wildman–Crippen LogP) is 2.06. The lowest BCUT2D eigenvalue weighted by molar-refractivity contribution is -0.118. The summed E-state index contributed by atoms with van der Waals surface area (Å²) in [6, 6.07) is 9.69. The second-order valence-corrected chi connectivity index (χ2v) is 4.90. The van der Waals surface area contributed by atoms with Gasteiger partial charge in [0.05, 0.1) is 11.5 Å². The van der Waals surface area contributed by atoms with E-state index >= 15 is 0 Å². The molecule has 2 unspecified atom stereocenters. The summed E-state index contributed by atoms with van der Waals surface area (Å²) < 4.78 is 5.89. The zero-order valence-corrected chi connectivity index (χ0v) is 10.00. The van der Waals surface area contributed by atoms with Crippen LogP contribution in [0.2, 0.25) is 0 Å². The van der Waals surface area contributed by atoms with E-state index in [9.17, 15) is 9.59 Å². The van der Waals surface area contributed by atoms with Crippen LogP contribution in [0, 0.1) is 5.92 Å². The van der Waals surface area contributed by atoms with E-state index in [0.29, 0.717) is 5.57 Å². The molecule has 0 saturated carbocycles. The zero-order chi connectivity index (χ0) is 13.0. The van der Waals surface area contributed by atoms with Crippen LogP contribution in [0.15, 0.2) is 66.0 Å². The summed E-state index contributed by atoms with van der Waals surface area (Å²) in [6.07, 6.45) is 6.47. The lowest BCUT2D eigenvalue weighted by atomic mass is 9.69. The lowest BCUT2D eigenvalue weighted by Gasteiger charge is -2.38. The summed E-state index contributed by atoms with van der Waals surface area (Å²) in [5, 5.41) is 0. The summed E-state index contributed by atoms with van der Waals surface area (Å²) in [6.45, 7) is 0. The van der Waals surface area contributed by atoms with Gasteiger partial charge in [0.15, 0.2) is 17.1 Å². The highest BCUT2D eigenvalue weighted by Gasteiger charge is 2.56. The Hall–Kier alpha value is -2.42. The molecule has 4 rings (SSSR count). The molecule has 2 atom stereocenters. The Morgan fingerprint density at radius 1 is 1.00 bits per heavy atom. The second-order valence-electron chi connectivity index (χ2n) is 4.90. The SMILES string of the molecule is O=C1C=CC(=O)C2=C1OC1(c3ccccc3)C=CC21. The van der Waals surface area contributed by atoms with Crippen molar-refractivity contribution in [1.29, 1.82) is 0 Å². The number of benzene rings is 1. The first-order valence-corrected chi connectivity index (χ1v) is 6.17. The Morgan fingerprint density at radius 3 is 2.42 bits per heavy atom. The number of carbonyl (C=O) groups is 2. The van der Waals surface area contributed by atoms with E-state index in [4.69, 9.17) is 4.74 Å². The van der Waals surface area contributed by atoms with E-state index in [1.165, 1.54) is 12.2 Å². The zero-order valence-electron chi connectivity index (χ0n) is 10.00. The van der Waals surface area contributed by atoms with E-state index < -0.39 is 5.60 Å². The van der Waals surface area contributed by atoms with Gasteiger partial charge in [-0.25, -0.2) is 0 Å². The van der Waals surface area contributed by atoms with Crippen molar-refractivity contribution in [3.63, 3.8) is 0 Å². The van der Waals surface area contributed by atoms with Gasteiger partial charge in [-0.1, -0.05) is 36.4 Å². The first-order chi connectivity index (χ1) is 9.22. The minimum atomic E-state index is -0.663. The highest BCUT2D eigenvalue weighted by atomic mass is 16.5. The number of ether oxygens (including phenoxy) is 1. The summed E-state index contributed by atoms with van der Waals surface area (Å²) in [5.74, 6) is -0.277. The summed E-state index contributed by atoms with van der Waals surface area (Å²) in [4.78, 5) is 23.8. The van der Waals surface area contributed by atoms with Gasteiger partial charge in [0, 0.05) is 5.56 Å². The smallest absolute Gasteiger partial charge is 0.221 e. The van der Waals surface area contributed by atoms with Crippen LogP contribution in [-0.4, -0.2) is 11.6 Å². The van der Waals surface area contributed by atoms with Crippen LogP contribution in [0.1, 0.15) is 5.56 Å². The number of hydrogen-bond acceptors (Lipinski definition) is 3. The quantitative estimate of drug-likeness (QED) is 0.566. The average Bonchev–Trinajstić information content (AvgIpc) is 2.65. The maximum Gasteiger partial charge on any atom is 0.221 e. The third kappa shape index (κ3) is 1.17. The van der Waals surface area contributed by atoms with Crippen LogP contribution in [0.3, 0.4) is 0 Å². The summed E-state index contributed by atoms with van der Waals surface area (Å²) >= 11 is 0. The first-order valence-electron chi connectivity index (χ1n) is 6.17. The molecule has 2 aliphatic carbocycles. The fraction of sp³-hybridized carbons (Fsp3) is 0.125. The maximum atomic E-state index is 12.0. The molecule has 1 heterocycles. The Kier molecular flexibility index (Phi) is 1.83. The third-order valence-corrected chi connectivity index (χ3v) is 3.93. The number of rotatable bonds is 1. The minimum Gasteiger partial charge on any atom is -0.473 e. The molecule has 0 spiro atoms. The van der Waals surface area contributed by atoms with Crippen LogP contribution < -0.4 is 0 Å². The van der Waals surface area contributed by atoms with Gasteiger partial charge in [-0.15, -0.1) is 0 Å². The predicted molar refractivity (Wildman–Crippen MR) is 68.0 cm³/mol. The highest BCUT2D eigenvalue weighted by Crippen LogP contribution is 2.55. The third-order valence-electron chi connectivity index (χ3n) is 3.93. The summed E-state index contributed by atoms with van der Waals surface area (Å²) in [7, 11) is 0. The molecule has 0 saturated heterocycles. The lowest BCUT2D eigenvalue weighted by Crippen LogP contribution is -2.38. The Bertz CT molecular complexity index is 694. The second kappa shape index (κ2) is 3.32. The monoisotopic (exact) mass is 250 g/mol. The Labute approximate surface area is 109 Å². The van der Waals surface area contributed by atoms with Gasteiger partial charge < -0.3 is 4.74 Å². The van der Waals surface area contributed by atoms with Crippen molar-refractivity contribution in [3.8, 4) is 0 Å². The molecule has 0 amide bonds. The van der Waals surface area contributed by atoms with Crippen molar-refractivity contribution in [2.45, 2.75) is 5.60 Å². The van der Waals surface area contributed by atoms with E-state index in [-0.39, 0.29) is 23.2 Å². The molecule has 0 radical (unpaired) electrons. The van der Waals surface area contributed by atoms with E-state index in [1.54, 1.807) is 0 Å². The average molecular weight is 250 g/mol. The molecule has 0 bridgehead atoms. The van der Waals surface area contributed by atoms with Crippen LogP contribution in [0.25, 0.3) is 0 Å². The van der Waals surface area contributed by atoms with Crippen molar-refractivity contribution in [3.05, 3.63) is 71.5 Å². The van der Waals surface area contributed by atoms with Gasteiger partial charge in [0.1, 0.15) is 0 Å². The highest BCUT2D eigenvalue weighted by molar-refractivity contribution is 6.20. The van der Waals surface area contributed by atoms with Crippen LogP contribution in [-0.2, 0) is 19.9 Å². The van der Waals surface area contributed by atoms with Gasteiger partial charge >= 0.3 is 0 Å².